The lowest BCUT2D eigenvalue weighted by molar-refractivity contribution is 0.584. The highest BCUT2D eigenvalue weighted by Gasteiger charge is 2.01. The van der Waals surface area contributed by atoms with Crippen LogP contribution in [0.15, 0.2) is 22.8 Å². The van der Waals surface area contributed by atoms with Gasteiger partial charge in [-0.25, -0.2) is 0 Å². The third kappa shape index (κ3) is 2.91. The van der Waals surface area contributed by atoms with Gasteiger partial charge in [0.1, 0.15) is 0 Å². The number of pyridine rings is 1. The number of rotatable bonds is 3. The van der Waals surface area contributed by atoms with Crippen LogP contribution in [0.4, 0.5) is 0 Å². The zero-order valence-corrected chi connectivity index (χ0v) is 8.71. The molecule has 12 heavy (non-hydrogen) atoms. The number of aromatic nitrogens is 1. The Morgan fingerprint density at radius 3 is 2.83 bits per heavy atom. The fraction of sp³-hybridized carbons (Fsp3) is 0.444. The van der Waals surface area contributed by atoms with E-state index in [1.807, 2.05) is 18.3 Å². The van der Waals surface area contributed by atoms with Gasteiger partial charge in [-0.05, 0) is 46.9 Å². The predicted octanol–water partition coefficient (Wildman–Crippen LogP) is 1.98. The summed E-state index contributed by atoms with van der Waals surface area (Å²) in [5, 5.41) is 0. The Kier molecular flexibility index (Phi) is 3.69. The number of hydrogen-bond acceptors (Lipinski definition) is 2. The van der Waals surface area contributed by atoms with Crippen molar-refractivity contribution >= 4 is 15.9 Å². The summed E-state index contributed by atoms with van der Waals surface area (Å²) in [5.74, 6) is 0.513. The van der Waals surface area contributed by atoms with Crippen molar-refractivity contribution in [2.75, 3.05) is 6.54 Å². The van der Waals surface area contributed by atoms with E-state index in [-0.39, 0.29) is 0 Å². The summed E-state index contributed by atoms with van der Waals surface area (Å²) in [6.07, 6.45) is 2.78. The molecule has 0 saturated carbocycles. The normalized spacial score (nSPS) is 12.9. The van der Waals surface area contributed by atoms with Crippen molar-refractivity contribution in [2.24, 2.45) is 11.7 Å². The van der Waals surface area contributed by atoms with Gasteiger partial charge in [0.05, 0.1) is 0 Å². The molecule has 1 aromatic rings. The highest BCUT2D eigenvalue weighted by Crippen LogP contribution is 2.10. The van der Waals surface area contributed by atoms with E-state index < -0.39 is 0 Å². The van der Waals surface area contributed by atoms with Crippen LogP contribution in [0.2, 0.25) is 0 Å². The molecule has 0 saturated heterocycles. The summed E-state index contributed by atoms with van der Waals surface area (Å²) in [5.41, 5.74) is 6.62. The fourth-order valence-electron chi connectivity index (χ4n) is 0.968. The van der Waals surface area contributed by atoms with Gasteiger partial charge in [-0.3, -0.25) is 4.98 Å². The van der Waals surface area contributed by atoms with E-state index >= 15 is 0 Å². The molecule has 1 unspecified atom stereocenters. The summed E-state index contributed by atoms with van der Waals surface area (Å²) in [6, 6.07) is 4.03. The van der Waals surface area contributed by atoms with E-state index in [9.17, 15) is 0 Å². The molecule has 0 fully saturated rings. The summed E-state index contributed by atoms with van der Waals surface area (Å²) in [7, 11) is 0. The van der Waals surface area contributed by atoms with Crippen molar-refractivity contribution in [2.45, 2.75) is 13.3 Å². The van der Waals surface area contributed by atoms with Crippen molar-refractivity contribution in [1.29, 1.82) is 0 Å². The van der Waals surface area contributed by atoms with Crippen LogP contribution >= 0.6 is 15.9 Å². The number of nitrogens with two attached hydrogens (primary N) is 1. The highest BCUT2D eigenvalue weighted by molar-refractivity contribution is 9.10. The second-order valence-corrected chi connectivity index (χ2v) is 3.93. The Bertz CT molecular complexity index is 233. The van der Waals surface area contributed by atoms with Crippen LogP contribution in [0.25, 0.3) is 0 Å². The van der Waals surface area contributed by atoms with Gasteiger partial charge in [-0.15, -0.1) is 0 Å². The molecule has 2 N–H and O–H groups in total. The Morgan fingerprint density at radius 2 is 2.33 bits per heavy atom. The minimum absolute atomic E-state index is 0.513. The molecule has 0 radical (unpaired) electrons. The molecular formula is C9H13BrN2. The van der Waals surface area contributed by atoms with Gasteiger partial charge in [-0.1, -0.05) is 6.92 Å². The third-order valence-electron chi connectivity index (χ3n) is 1.75. The van der Waals surface area contributed by atoms with Gasteiger partial charge < -0.3 is 5.73 Å². The Hall–Kier alpha value is -0.410. The first-order valence-corrected chi connectivity index (χ1v) is 4.82. The largest absolute Gasteiger partial charge is 0.330 e. The van der Waals surface area contributed by atoms with Crippen molar-refractivity contribution in [3.8, 4) is 0 Å². The Balaban J connectivity index is 2.58. The average Bonchev–Trinajstić information content (AvgIpc) is 2.09. The van der Waals surface area contributed by atoms with E-state index in [1.54, 1.807) is 0 Å². The molecule has 0 aliphatic heterocycles. The third-order valence-corrected chi connectivity index (χ3v) is 2.22. The van der Waals surface area contributed by atoms with E-state index in [2.05, 4.69) is 27.8 Å². The van der Waals surface area contributed by atoms with Gasteiger partial charge in [0, 0.05) is 16.4 Å². The Labute approximate surface area is 81.3 Å². The molecule has 1 heterocycles. The Morgan fingerprint density at radius 1 is 1.58 bits per heavy atom. The topological polar surface area (TPSA) is 38.9 Å². The molecule has 1 atom stereocenters. The molecule has 1 aromatic heterocycles. The van der Waals surface area contributed by atoms with Crippen LogP contribution in [0.5, 0.6) is 0 Å². The molecule has 0 aromatic carbocycles. The molecule has 0 bridgehead atoms. The predicted molar refractivity (Wildman–Crippen MR) is 53.9 cm³/mol. The van der Waals surface area contributed by atoms with Crippen molar-refractivity contribution in [3.63, 3.8) is 0 Å². The van der Waals surface area contributed by atoms with Crippen molar-refractivity contribution < 1.29 is 0 Å². The molecule has 0 amide bonds. The molecular weight excluding hydrogens is 216 g/mol. The summed E-state index contributed by atoms with van der Waals surface area (Å²) in [4.78, 5) is 4.26. The first-order chi connectivity index (χ1) is 5.72. The molecule has 1 rings (SSSR count). The maximum atomic E-state index is 5.51. The smallest absolute Gasteiger partial charge is 0.0413 e. The minimum Gasteiger partial charge on any atom is -0.330 e. The second-order valence-electron chi connectivity index (χ2n) is 3.01. The lowest BCUT2D eigenvalue weighted by Gasteiger charge is -2.06. The highest BCUT2D eigenvalue weighted by atomic mass is 79.9. The molecule has 0 spiro atoms. The van der Waals surface area contributed by atoms with Crippen LogP contribution in [-0.4, -0.2) is 11.5 Å². The quantitative estimate of drug-likeness (QED) is 0.860. The second kappa shape index (κ2) is 4.58. The van der Waals surface area contributed by atoms with Gasteiger partial charge in [0.15, 0.2) is 0 Å². The average molecular weight is 229 g/mol. The number of halogens is 1. The van der Waals surface area contributed by atoms with Crippen LogP contribution in [0.1, 0.15) is 12.6 Å². The monoisotopic (exact) mass is 228 g/mol. The van der Waals surface area contributed by atoms with Crippen molar-refractivity contribution in [1.82, 2.24) is 4.98 Å². The molecule has 66 valence electrons. The maximum absolute atomic E-state index is 5.51. The van der Waals surface area contributed by atoms with Crippen LogP contribution in [0, 0.1) is 5.92 Å². The van der Waals surface area contributed by atoms with Crippen LogP contribution in [0.3, 0.4) is 0 Å². The van der Waals surface area contributed by atoms with Crippen LogP contribution < -0.4 is 5.73 Å². The van der Waals surface area contributed by atoms with Gasteiger partial charge in [-0.2, -0.15) is 0 Å². The summed E-state index contributed by atoms with van der Waals surface area (Å²) in [6.45, 7) is 2.85. The summed E-state index contributed by atoms with van der Waals surface area (Å²) < 4.78 is 1.02. The lowest BCUT2D eigenvalue weighted by Crippen LogP contribution is -2.13. The van der Waals surface area contributed by atoms with Crippen molar-refractivity contribution in [3.05, 3.63) is 28.5 Å². The van der Waals surface area contributed by atoms with Gasteiger partial charge >= 0.3 is 0 Å². The fourth-order valence-corrected chi connectivity index (χ4v) is 1.20. The SMILES string of the molecule is CC(CN)Cc1ccc(Br)cn1. The number of nitrogens with zero attached hydrogens (tertiary/aromatic N) is 1. The summed E-state index contributed by atoms with van der Waals surface area (Å²) >= 11 is 3.34. The molecule has 0 aliphatic rings. The molecule has 3 heteroatoms. The first-order valence-electron chi connectivity index (χ1n) is 4.03. The zero-order valence-electron chi connectivity index (χ0n) is 7.13. The number of hydrogen-bond donors (Lipinski definition) is 1. The van der Waals surface area contributed by atoms with E-state index in [0.29, 0.717) is 5.92 Å². The zero-order chi connectivity index (χ0) is 8.97. The van der Waals surface area contributed by atoms with E-state index in [1.165, 1.54) is 0 Å². The lowest BCUT2D eigenvalue weighted by atomic mass is 10.1. The molecule has 2 nitrogen and oxygen atoms in total. The van der Waals surface area contributed by atoms with E-state index in [4.69, 9.17) is 5.73 Å². The minimum atomic E-state index is 0.513. The maximum Gasteiger partial charge on any atom is 0.0413 e. The van der Waals surface area contributed by atoms with Crippen LogP contribution in [-0.2, 0) is 6.42 Å². The van der Waals surface area contributed by atoms with Gasteiger partial charge in [0.25, 0.3) is 0 Å². The van der Waals surface area contributed by atoms with Gasteiger partial charge in [0.2, 0.25) is 0 Å². The first kappa shape index (κ1) is 9.68. The molecule has 0 aliphatic carbocycles. The standard InChI is InChI=1S/C9H13BrN2/c1-7(5-11)4-9-3-2-8(10)6-12-9/h2-3,6-7H,4-5,11H2,1H3. The van der Waals surface area contributed by atoms with E-state index in [0.717, 1.165) is 23.1 Å².